The van der Waals surface area contributed by atoms with Crippen LogP contribution >= 0.6 is 0 Å². The summed E-state index contributed by atoms with van der Waals surface area (Å²) in [6.07, 6.45) is 5.53. The Morgan fingerprint density at radius 3 is 1.35 bits per heavy atom. The molecule has 1 aromatic heterocycles. The lowest BCUT2D eigenvalue weighted by atomic mass is 10.1. The number of rotatable bonds is 37. The van der Waals surface area contributed by atoms with E-state index in [-0.39, 0.29) is 37.5 Å². The van der Waals surface area contributed by atoms with Gasteiger partial charge in [0.1, 0.15) is 19.8 Å². The van der Waals surface area contributed by atoms with Gasteiger partial charge in [0.25, 0.3) is 0 Å². The van der Waals surface area contributed by atoms with Crippen LogP contribution in [0.1, 0.15) is 51.9 Å². The molecule has 0 saturated carbocycles. The smallest absolute Gasteiger partial charge is 0.246 e. The van der Waals surface area contributed by atoms with E-state index in [2.05, 4.69) is 101 Å². The lowest BCUT2D eigenvalue weighted by Crippen LogP contribution is -2.36. The maximum absolute atomic E-state index is 12.5. The number of ether oxygens (including phenoxy) is 7. The van der Waals surface area contributed by atoms with Gasteiger partial charge >= 0.3 is 0 Å². The third kappa shape index (κ3) is 22.3. The molecule has 16 nitrogen and oxygen atoms in total. The number of carbonyl (C=O) groups excluding carboxylic acids is 3. The topological polar surface area (TPSA) is 162 Å². The van der Waals surface area contributed by atoms with Crippen molar-refractivity contribution in [1.29, 1.82) is 0 Å². The largest absolute Gasteiger partial charge is 0.382 e. The number of fused-ring (bicyclic) bond motifs is 2. The Balaban J connectivity index is 1.08. The van der Waals surface area contributed by atoms with Crippen molar-refractivity contribution < 1.29 is 52.1 Å². The summed E-state index contributed by atoms with van der Waals surface area (Å²) in [5.74, 6) is -0.280. The molecule has 3 N–H and O–H groups in total. The molecule has 0 bridgehead atoms. The zero-order valence-electron chi connectivity index (χ0n) is 38.1. The summed E-state index contributed by atoms with van der Waals surface area (Å²) in [6.45, 7) is 9.88. The monoisotopic (exact) mass is 872 g/mol. The highest BCUT2D eigenvalue weighted by molar-refractivity contribution is 5.91. The number of hydrogen-bond acceptors (Lipinski definition) is 12. The van der Waals surface area contributed by atoms with Crippen molar-refractivity contribution in [3.05, 3.63) is 42.5 Å². The molecule has 62 heavy (non-hydrogen) atoms. The van der Waals surface area contributed by atoms with E-state index in [9.17, 15) is 14.4 Å². The van der Waals surface area contributed by atoms with Gasteiger partial charge in [-0.25, -0.2) is 0 Å². The maximum Gasteiger partial charge on any atom is 0.246 e. The standard InChI is InChI=1S/C46H74N6O10/c1-6-56-22-10-19-48-45(54)36-61-31-29-60-30-32-62-37-46(55)49-20-12-24-58-26-28-59-27-25-57-23-11-18-47-44(53)13-8-7-9-21-52-42-34-40(50(2)3)16-14-38(42)33-39-15-17-41(51(4)5)35-43(39)52/h14-17,33-35H,6-13,18-32,36-37H2,1-5H3,(H2-,47,48,49,53,54,55)/p+1. The molecule has 2 aromatic carbocycles. The number of anilines is 2. The normalized spacial score (nSPS) is 11.3. The van der Waals surface area contributed by atoms with Crippen molar-refractivity contribution in [3.8, 4) is 0 Å². The van der Waals surface area contributed by atoms with Crippen molar-refractivity contribution in [2.45, 2.75) is 58.4 Å². The minimum absolute atomic E-state index is 0.0130. The first kappa shape index (κ1) is 52.2. The zero-order chi connectivity index (χ0) is 44.6. The van der Waals surface area contributed by atoms with Gasteiger partial charge in [-0.1, -0.05) is 0 Å². The second-order valence-electron chi connectivity index (χ2n) is 15.2. The number of aromatic nitrogens is 1. The van der Waals surface area contributed by atoms with E-state index in [1.165, 1.54) is 33.2 Å². The van der Waals surface area contributed by atoms with Gasteiger partial charge in [0.2, 0.25) is 28.8 Å². The number of nitrogens with zero attached hydrogens (tertiary/aromatic N) is 3. The summed E-state index contributed by atoms with van der Waals surface area (Å²) < 4.78 is 40.4. The SMILES string of the molecule is CCOCCCNC(=O)COCCOCCOCC(=O)NCCCOCCOCCOCCCNC(=O)CCCCC[n+]1c2cc(N(C)C)ccc2cc2ccc(N(C)C)cc21. The highest BCUT2D eigenvalue weighted by atomic mass is 16.6. The molecule has 0 spiro atoms. The molecule has 3 amide bonds. The van der Waals surface area contributed by atoms with Crippen LogP contribution in [0.4, 0.5) is 11.4 Å². The van der Waals surface area contributed by atoms with E-state index in [1.54, 1.807) is 0 Å². The minimum Gasteiger partial charge on any atom is -0.382 e. The molecule has 348 valence electrons. The van der Waals surface area contributed by atoms with Crippen molar-refractivity contribution in [3.63, 3.8) is 0 Å². The van der Waals surface area contributed by atoms with E-state index in [4.69, 9.17) is 33.2 Å². The Morgan fingerprint density at radius 1 is 0.484 bits per heavy atom. The molecule has 1 heterocycles. The van der Waals surface area contributed by atoms with Gasteiger partial charge in [0.15, 0.2) is 0 Å². The predicted molar refractivity (Wildman–Crippen MR) is 243 cm³/mol. The number of amides is 3. The Kier molecular flexibility index (Phi) is 27.4. The summed E-state index contributed by atoms with van der Waals surface area (Å²) in [5, 5.41) is 11.0. The average Bonchev–Trinajstić information content (AvgIpc) is 3.26. The number of nitrogens with one attached hydrogen (secondary N) is 3. The van der Waals surface area contributed by atoms with Crippen molar-refractivity contribution in [2.75, 3.05) is 150 Å². The Hall–Kier alpha value is -4.16. The molecular weight excluding hydrogens is 797 g/mol. The quantitative estimate of drug-likeness (QED) is 0.0439. The van der Waals surface area contributed by atoms with E-state index >= 15 is 0 Å². The molecule has 3 aromatic rings. The van der Waals surface area contributed by atoms with Gasteiger partial charge in [-0.05, 0) is 69.4 Å². The van der Waals surface area contributed by atoms with Gasteiger partial charge in [-0.2, -0.15) is 4.57 Å². The number of carbonyl (C=O) groups is 3. The minimum atomic E-state index is -0.197. The van der Waals surface area contributed by atoms with Crippen LogP contribution in [0.3, 0.4) is 0 Å². The van der Waals surface area contributed by atoms with Crippen LogP contribution < -0.4 is 30.3 Å². The van der Waals surface area contributed by atoms with Crippen molar-refractivity contribution >= 4 is 50.9 Å². The van der Waals surface area contributed by atoms with Crippen LogP contribution in [0.5, 0.6) is 0 Å². The lowest BCUT2D eigenvalue weighted by molar-refractivity contribution is -0.645. The molecule has 0 fully saturated rings. The molecule has 0 saturated heterocycles. The number of hydrogen-bond donors (Lipinski definition) is 3. The first-order valence-corrected chi connectivity index (χ1v) is 22.3. The number of benzene rings is 2. The molecule has 0 radical (unpaired) electrons. The summed E-state index contributed by atoms with van der Waals surface area (Å²) >= 11 is 0. The third-order valence-electron chi connectivity index (χ3n) is 9.76. The van der Waals surface area contributed by atoms with Crippen LogP contribution in [0.15, 0.2) is 42.5 Å². The highest BCUT2D eigenvalue weighted by Gasteiger charge is 2.18. The Morgan fingerprint density at radius 2 is 0.903 bits per heavy atom. The summed E-state index contributed by atoms with van der Waals surface area (Å²) in [6, 6.07) is 15.6. The highest BCUT2D eigenvalue weighted by Crippen LogP contribution is 2.25. The molecule has 0 aliphatic carbocycles. The van der Waals surface area contributed by atoms with Gasteiger partial charge in [0, 0.05) is 121 Å². The zero-order valence-corrected chi connectivity index (χ0v) is 38.1. The lowest BCUT2D eigenvalue weighted by Gasteiger charge is -2.15. The van der Waals surface area contributed by atoms with E-state index in [0.717, 1.165) is 38.6 Å². The molecule has 0 atom stereocenters. The van der Waals surface area contributed by atoms with Gasteiger partial charge in [-0.3, -0.25) is 14.4 Å². The van der Waals surface area contributed by atoms with E-state index < -0.39 is 0 Å². The first-order chi connectivity index (χ1) is 30.2. The van der Waals surface area contributed by atoms with Gasteiger partial charge in [0.05, 0.1) is 52.9 Å². The number of pyridine rings is 1. The van der Waals surface area contributed by atoms with Crippen LogP contribution in [0.2, 0.25) is 0 Å². The number of unbranched alkanes of at least 4 members (excludes halogenated alkanes) is 2. The first-order valence-electron chi connectivity index (χ1n) is 22.3. The fourth-order valence-electron chi connectivity index (χ4n) is 6.35. The molecule has 0 unspecified atom stereocenters. The van der Waals surface area contributed by atoms with Crippen molar-refractivity contribution in [1.82, 2.24) is 16.0 Å². The van der Waals surface area contributed by atoms with Crippen LogP contribution in [-0.4, -0.2) is 158 Å². The van der Waals surface area contributed by atoms with E-state index in [0.29, 0.717) is 105 Å². The fraction of sp³-hybridized carbons (Fsp3) is 0.652. The second-order valence-corrected chi connectivity index (χ2v) is 15.2. The molecule has 0 aliphatic heterocycles. The predicted octanol–water partition coefficient (Wildman–Crippen LogP) is 3.63. The summed E-state index contributed by atoms with van der Waals surface area (Å²) in [7, 11) is 8.28. The van der Waals surface area contributed by atoms with Gasteiger partial charge < -0.3 is 58.9 Å². The third-order valence-corrected chi connectivity index (χ3v) is 9.76. The average molecular weight is 872 g/mol. The second kappa shape index (κ2) is 32.5. The van der Waals surface area contributed by atoms with Gasteiger partial charge in [-0.15, -0.1) is 0 Å². The summed E-state index contributed by atoms with van der Waals surface area (Å²) in [4.78, 5) is 40.3. The van der Waals surface area contributed by atoms with Crippen molar-refractivity contribution in [2.24, 2.45) is 0 Å². The van der Waals surface area contributed by atoms with Crippen LogP contribution in [0, 0.1) is 0 Å². The van der Waals surface area contributed by atoms with Crippen LogP contribution in [-0.2, 0) is 54.1 Å². The molecule has 0 aliphatic rings. The fourth-order valence-corrected chi connectivity index (χ4v) is 6.35. The molecular formula is C46H75N6O10+. The number of aryl methyl sites for hydroxylation is 1. The molecule has 3 rings (SSSR count). The Bertz CT molecular complexity index is 1650. The maximum atomic E-state index is 12.5. The van der Waals surface area contributed by atoms with Crippen LogP contribution in [0.25, 0.3) is 21.8 Å². The summed E-state index contributed by atoms with van der Waals surface area (Å²) in [5.41, 5.74) is 4.79. The Labute approximate surface area is 369 Å². The molecule has 16 heteroatoms. The van der Waals surface area contributed by atoms with E-state index in [1.807, 2.05) is 6.92 Å².